The van der Waals surface area contributed by atoms with Crippen molar-refractivity contribution in [3.05, 3.63) is 78.4 Å². The van der Waals surface area contributed by atoms with Crippen molar-refractivity contribution in [1.29, 1.82) is 0 Å². The van der Waals surface area contributed by atoms with E-state index in [4.69, 9.17) is 4.99 Å². The fourth-order valence-electron chi connectivity index (χ4n) is 4.02. The molecule has 7 heteroatoms. The van der Waals surface area contributed by atoms with Crippen LogP contribution in [0.4, 0.5) is 0 Å². The normalized spacial score (nSPS) is 19.5. The molecule has 2 aromatic carbocycles. The fraction of sp³-hybridized carbons (Fsp3) is 0.375. The van der Waals surface area contributed by atoms with Gasteiger partial charge in [-0.1, -0.05) is 42.5 Å². The number of aliphatic imine (C=N–C) groups is 1. The Hall–Kier alpha value is -3.19. The van der Waals surface area contributed by atoms with E-state index in [0.717, 1.165) is 43.3 Å². The highest BCUT2D eigenvalue weighted by Gasteiger charge is 2.29. The summed E-state index contributed by atoms with van der Waals surface area (Å²) in [4.78, 5) is 11.3. The molecule has 1 saturated heterocycles. The second-order valence-corrected chi connectivity index (χ2v) is 8.04. The van der Waals surface area contributed by atoms with Gasteiger partial charge in [0.05, 0.1) is 12.2 Å². The topological polar surface area (TPSA) is 70.4 Å². The van der Waals surface area contributed by atoms with E-state index >= 15 is 0 Å². The maximum absolute atomic E-state index is 4.81. The number of aromatic nitrogens is 3. The first-order valence-electron chi connectivity index (χ1n) is 11.0. The van der Waals surface area contributed by atoms with Gasteiger partial charge in [-0.25, -0.2) is 14.7 Å². The van der Waals surface area contributed by atoms with Crippen LogP contribution in [0.2, 0.25) is 0 Å². The van der Waals surface area contributed by atoms with E-state index in [9.17, 15) is 0 Å². The van der Waals surface area contributed by atoms with Gasteiger partial charge in [-0.05, 0) is 43.5 Å². The van der Waals surface area contributed by atoms with Crippen LogP contribution >= 0.6 is 0 Å². The first kappa shape index (κ1) is 21.1. The summed E-state index contributed by atoms with van der Waals surface area (Å²) in [6.45, 7) is 7.89. The molecule has 1 fully saturated rings. The van der Waals surface area contributed by atoms with Crippen molar-refractivity contribution in [2.45, 2.75) is 45.4 Å². The average Bonchev–Trinajstić information content (AvgIpc) is 3.44. The van der Waals surface area contributed by atoms with Gasteiger partial charge in [0.15, 0.2) is 5.96 Å². The number of nitrogens with zero attached hydrogens (tertiary/aromatic N) is 5. The summed E-state index contributed by atoms with van der Waals surface area (Å²) in [5.41, 5.74) is 3.52. The second-order valence-electron chi connectivity index (χ2n) is 8.04. The monoisotopic (exact) mass is 417 g/mol. The Morgan fingerprint density at radius 3 is 2.61 bits per heavy atom. The Morgan fingerprint density at radius 1 is 1.10 bits per heavy atom. The van der Waals surface area contributed by atoms with Crippen LogP contribution in [-0.4, -0.2) is 50.8 Å². The zero-order valence-electron chi connectivity index (χ0n) is 18.3. The van der Waals surface area contributed by atoms with Gasteiger partial charge in [0.1, 0.15) is 12.7 Å². The standard InChI is InChI=1S/C24H31N7/c1-3-26-24(27-14-20-9-11-23(12-10-20)31-18-25-17-28-31)29-22-13-19(2)30(16-22)15-21-7-5-4-6-8-21/h4-12,17-19,22H,3,13-16H2,1-2H3,(H2,26,27,29). The number of guanidine groups is 1. The predicted molar refractivity (Wildman–Crippen MR) is 124 cm³/mol. The molecule has 2 unspecified atom stereocenters. The van der Waals surface area contributed by atoms with Crippen molar-refractivity contribution in [2.24, 2.45) is 4.99 Å². The third kappa shape index (κ3) is 5.70. The van der Waals surface area contributed by atoms with Crippen LogP contribution in [0, 0.1) is 0 Å². The minimum atomic E-state index is 0.395. The molecule has 0 saturated carbocycles. The number of hydrogen-bond acceptors (Lipinski definition) is 4. The first-order valence-corrected chi connectivity index (χ1v) is 11.0. The van der Waals surface area contributed by atoms with E-state index in [1.165, 1.54) is 11.9 Å². The highest BCUT2D eigenvalue weighted by atomic mass is 15.3. The lowest BCUT2D eigenvalue weighted by atomic mass is 10.2. The lowest BCUT2D eigenvalue weighted by Gasteiger charge is -2.21. The molecular formula is C24H31N7. The van der Waals surface area contributed by atoms with Crippen molar-refractivity contribution < 1.29 is 0 Å². The van der Waals surface area contributed by atoms with Crippen LogP contribution < -0.4 is 10.6 Å². The average molecular weight is 418 g/mol. The van der Waals surface area contributed by atoms with Crippen molar-refractivity contribution in [3.63, 3.8) is 0 Å². The molecule has 2 heterocycles. The highest BCUT2D eigenvalue weighted by molar-refractivity contribution is 5.80. The summed E-state index contributed by atoms with van der Waals surface area (Å²) in [6, 6.07) is 19.9. The molecule has 1 aliphatic rings. The Bertz CT molecular complexity index is 951. The number of hydrogen-bond donors (Lipinski definition) is 2. The summed E-state index contributed by atoms with van der Waals surface area (Å²) in [5, 5.41) is 11.2. The molecule has 2 atom stereocenters. The van der Waals surface area contributed by atoms with Crippen LogP contribution in [0.25, 0.3) is 5.69 Å². The van der Waals surface area contributed by atoms with Crippen molar-refractivity contribution in [1.82, 2.24) is 30.3 Å². The number of rotatable bonds is 7. The van der Waals surface area contributed by atoms with Crippen LogP contribution in [0.15, 0.2) is 72.2 Å². The SMILES string of the molecule is CCNC(=NCc1ccc(-n2cncn2)cc1)NC1CC(C)N(Cc2ccccc2)C1. The van der Waals surface area contributed by atoms with Gasteiger partial charge >= 0.3 is 0 Å². The van der Waals surface area contributed by atoms with E-state index in [1.54, 1.807) is 11.0 Å². The molecular weight excluding hydrogens is 386 g/mol. The van der Waals surface area contributed by atoms with Gasteiger partial charge in [0, 0.05) is 31.7 Å². The Labute approximate surface area is 184 Å². The summed E-state index contributed by atoms with van der Waals surface area (Å²) in [6.07, 6.45) is 4.35. The highest BCUT2D eigenvalue weighted by Crippen LogP contribution is 2.20. The lowest BCUT2D eigenvalue weighted by molar-refractivity contribution is 0.258. The molecule has 0 aliphatic carbocycles. The summed E-state index contributed by atoms with van der Waals surface area (Å²) < 4.78 is 1.75. The quantitative estimate of drug-likeness (QED) is 0.457. The molecule has 0 bridgehead atoms. The van der Waals surface area contributed by atoms with Gasteiger partial charge in [-0.3, -0.25) is 4.90 Å². The van der Waals surface area contributed by atoms with Gasteiger partial charge in [-0.15, -0.1) is 0 Å². The second kappa shape index (κ2) is 10.2. The van der Waals surface area contributed by atoms with Crippen LogP contribution in [0.3, 0.4) is 0 Å². The molecule has 0 spiro atoms. The summed E-state index contributed by atoms with van der Waals surface area (Å²) in [5.74, 6) is 0.876. The van der Waals surface area contributed by atoms with Crippen molar-refractivity contribution >= 4 is 5.96 Å². The molecule has 2 N–H and O–H groups in total. The minimum Gasteiger partial charge on any atom is -0.357 e. The van der Waals surface area contributed by atoms with Crippen LogP contribution in [-0.2, 0) is 13.1 Å². The van der Waals surface area contributed by atoms with Gasteiger partial charge < -0.3 is 10.6 Å². The molecule has 7 nitrogen and oxygen atoms in total. The van der Waals surface area contributed by atoms with Crippen molar-refractivity contribution in [3.8, 4) is 5.69 Å². The van der Waals surface area contributed by atoms with E-state index < -0.39 is 0 Å². The maximum Gasteiger partial charge on any atom is 0.191 e. The number of likely N-dealkylation sites (tertiary alicyclic amines) is 1. The Balaban J connectivity index is 1.34. The van der Waals surface area contributed by atoms with E-state index in [-0.39, 0.29) is 0 Å². The largest absolute Gasteiger partial charge is 0.357 e. The smallest absolute Gasteiger partial charge is 0.191 e. The van der Waals surface area contributed by atoms with Crippen LogP contribution in [0.1, 0.15) is 31.4 Å². The van der Waals surface area contributed by atoms with E-state index in [0.29, 0.717) is 18.6 Å². The van der Waals surface area contributed by atoms with E-state index in [2.05, 4.69) is 81.9 Å². The van der Waals surface area contributed by atoms with Gasteiger partial charge in [-0.2, -0.15) is 5.10 Å². The molecule has 31 heavy (non-hydrogen) atoms. The Kier molecular flexibility index (Phi) is 6.94. The van der Waals surface area contributed by atoms with Crippen molar-refractivity contribution in [2.75, 3.05) is 13.1 Å². The molecule has 1 aliphatic heterocycles. The molecule has 162 valence electrons. The van der Waals surface area contributed by atoms with Crippen LogP contribution in [0.5, 0.6) is 0 Å². The summed E-state index contributed by atoms with van der Waals surface area (Å²) >= 11 is 0. The fourth-order valence-corrected chi connectivity index (χ4v) is 4.02. The zero-order valence-corrected chi connectivity index (χ0v) is 18.3. The lowest BCUT2D eigenvalue weighted by Crippen LogP contribution is -2.44. The predicted octanol–water partition coefficient (Wildman–Crippen LogP) is 2.99. The molecule has 0 amide bonds. The first-order chi connectivity index (χ1) is 15.2. The molecule has 0 radical (unpaired) electrons. The number of benzene rings is 2. The molecule has 1 aromatic heterocycles. The molecule has 4 rings (SSSR count). The number of nitrogens with one attached hydrogen (secondary N) is 2. The van der Waals surface area contributed by atoms with Gasteiger partial charge in [0.2, 0.25) is 0 Å². The third-order valence-corrected chi connectivity index (χ3v) is 5.66. The maximum atomic E-state index is 4.81. The van der Waals surface area contributed by atoms with Gasteiger partial charge in [0.25, 0.3) is 0 Å². The molecule has 3 aromatic rings. The third-order valence-electron chi connectivity index (χ3n) is 5.66. The van der Waals surface area contributed by atoms with E-state index in [1.807, 2.05) is 12.1 Å². The minimum absolute atomic E-state index is 0.395. The Morgan fingerprint density at radius 2 is 1.90 bits per heavy atom. The zero-order chi connectivity index (χ0) is 21.5. The summed E-state index contributed by atoms with van der Waals surface area (Å²) in [7, 11) is 0.